The van der Waals surface area contributed by atoms with E-state index in [2.05, 4.69) is 20.6 Å². The van der Waals surface area contributed by atoms with Gasteiger partial charge in [-0.25, -0.2) is 8.78 Å². The Hall–Kier alpha value is -4.46. The van der Waals surface area contributed by atoms with Gasteiger partial charge in [0.25, 0.3) is 17.0 Å². The zero-order chi connectivity index (χ0) is 27.4. The van der Waals surface area contributed by atoms with Crippen molar-refractivity contribution in [2.75, 3.05) is 12.4 Å². The molecule has 0 saturated heterocycles. The van der Waals surface area contributed by atoms with Crippen molar-refractivity contribution in [3.8, 4) is 22.8 Å². The van der Waals surface area contributed by atoms with E-state index in [9.17, 15) is 31.5 Å². The van der Waals surface area contributed by atoms with E-state index in [4.69, 9.17) is 9.15 Å². The Morgan fingerprint density at radius 3 is 2.39 bits per heavy atom. The van der Waals surface area contributed by atoms with Gasteiger partial charge < -0.3 is 19.8 Å². The molecule has 4 aromatic rings. The molecule has 0 fully saturated rings. The largest absolute Gasteiger partial charge is 0.454 e. The number of hydrogen-bond acceptors (Lipinski definition) is 7. The van der Waals surface area contributed by atoms with Crippen molar-refractivity contribution < 1.29 is 40.7 Å². The Kier molecular flexibility index (Phi) is 7.62. The summed E-state index contributed by atoms with van der Waals surface area (Å²) in [7, 11) is 1.42. The van der Waals surface area contributed by atoms with Gasteiger partial charge >= 0.3 is 5.51 Å². The van der Waals surface area contributed by atoms with Crippen LogP contribution in [0.25, 0.3) is 11.3 Å². The Labute approximate surface area is 215 Å². The molecule has 2 N–H and O–H groups in total. The molecule has 0 unspecified atom stereocenters. The third-order valence-corrected chi connectivity index (χ3v) is 5.32. The number of benzene rings is 2. The highest BCUT2D eigenvalue weighted by atomic mass is 32.2. The number of rotatable bonds is 7. The molecule has 2 heterocycles. The Morgan fingerprint density at radius 2 is 1.74 bits per heavy atom. The van der Waals surface area contributed by atoms with E-state index in [-0.39, 0.29) is 34.2 Å². The van der Waals surface area contributed by atoms with Crippen LogP contribution in [-0.4, -0.2) is 34.3 Å². The molecule has 0 radical (unpaired) electrons. The first-order valence-corrected chi connectivity index (χ1v) is 11.3. The summed E-state index contributed by atoms with van der Waals surface area (Å²) in [6.07, 6.45) is 1.30. The zero-order valence-corrected chi connectivity index (χ0v) is 19.9. The van der Waals surface area contributed by atoms with Crippen molar-refractivity contribution in [2.24, 2.45) is 0 Å². The number of thioether (sulfide) groups is 1. The predicted molar refractivity (Wildman–Crippen MR) is 126 cm³/mol. The first-order chi connectivity index (χ1) is 18.0. The second kappa shape index (κ2) is 10.9. The minimum absolute atomic E-state index is 0.0434. The predicted octanol–water partition coefficient (Wildman–Crippen LogP) is 6.03. The summed E-state index contributed by atoms with van der Waals surface area (Å²) >= 11 is -0.671. The number of amides is 2. The molecule has 0 spiro atoms. The van der Waals surface area contributed by atoms with Crippen molar-refractivity contribution in [1.82, 2.24) is 15.3 Å². The lowest BCUT2D eigenvalue weighted by atomic mass is 10.1. The highest BCUT2D eigenvalue weighted by Gasteiger charge is 2.34. The SMILES string of the molecule is CNC(=O)c1cc(Oc2ccc(NC(=O)c3nc(SC(F)(F)F)oc3-c3ccc(F)cc3)cc2F)ccn1. The number of nitrogens with zero attached hydrogens (tertiary/aromatic N) is 2. The van der Waals surface area contributed by atoms with Crippen molar-refractivity contribution in [3.05, 3.63) is 83.8 Å². The molecule has 0 atom stereocenters. The molecule has 4 rings (SSSR count). The zero-order valence-electron chi connectivity index (χ0n) is 19.1. The molecule has 2 aromatic carbocycles. The lowest BCUT2D eigenvalue weighted by Crippen LogP contribution is -2.18. The lowest BCUT2D eigenvalue weighted by molar-refractivity contribution is -0.0337. The number of alkyl halides is 3. The number of carbonyl (C=O) groups is 2. The maximum Gasteiger partial charge on any atom is 0.450 e. The average Bonchev–Trinajstić information content (AvgIpc) is 3.28. The van der Waals surface area contributed by atoms with Crippen LogP contribution in [0.4, 0.5) is 27.6 Å². The van der Waals surface area contributed by atoms with Gasteiger partial charge in [0, 0.05) is 48.4 Å². The molecular formula is C24H15F5N4O4S. The maximum atomic E-state index is 14.7. The van der Waals surface area contributed by atoms with Crippen LogP contribution in [0, 0.1) is 11.6 Å². The minimum Gasteiger partial charge on any atom is -0.454 e. The fourth-order valence-corrected chi connectivity index (χ4v) is 3.56. The third kappa shape index (κ3) is 6.45. The van der Waals surface area contributed by atoms with E-state index >= 15 is 0 Å². The monoisotopic (exact) mass is 550 g/mol. The summed E-state index contributed by atoms with van der Waals surface area (Å²) in [5.41, 5.74) is -5.20. The highest BCUT2D eigenvalue weighted by Crippen LogP contribution is 2.39. The Bertz CT molecular complexity index is 1490. The van der Waals surface area contributed by atoms with Crippen molar-refractivity contribution in [1.29, 1.82) is 0 Å². The van der Waals surface area contributed by atoms with Crippen molar-refractivity contribution in [3.63, 3.8) is 0 Å². The number of hydrogen-bond donors (Lipinski definition) is 2. The van der Waals surface area contributed by atoms with Gasteiger partial charge in [-0.1, -0.05) is 0 Å². The van der Waals surface area contributed by atoms with E-state index in [1.165, 1.54) is 49.6 Å². The van der Waals surface area contributed by atoms with Gasteiger partial charge in [-0.3, -0.25) is 14.6 Å². The molecule has 8 nitrogen and oxygen atoms in total. The number of nitrogens with one attached hydrogen (secondary N) is 2. The standard InChI is InChI=1S/C24H15F5N4O4S/c1-30-21(34)17-11-15(8-9-31-17)36-18-7-6-14(10-16(18)26)32-22(35)19-20(12-2-4-13(25)5-3-12)37-23(33-19)38-24(27,28)29/h2-11H,1H3,(H,30,34)(H,32,35). The Balaban J connectivity index is 1.56. The number of pyridine rings is 1. The summed E-state index contributed by atoms with van der Waals surface area (Å²) in [4.78, 5) is 32.1. The molecule has 0 aliphatic rings. The van der Waals surface area contributed by atoms with Gasteiger partial charge in [0.15, 0.2) is 23.0 Å². The maximum absolute atomic E-state index is 14.7. The van der Waals surface area contributed by atoms with E-state index in [0.29, 0.717) is 0 Å². The second-order valence-electron chi connectivity index (χ2n) is 7.37. The molecular weight excluding hydrogens is 535 g/mol. The third-order valence-electron chi connectivity index (χ3n) is 4.74. The molecule has 0 bridgehead atoms. The second-order valence-corrected chi connectivity index (χ2v) is 8.39. The molecule has 196 valence electrons. The van der Waals surface area contributed by atoms with E-state index in [1.807, 2.05) is 0 Å². The number of aromatic nitrogens is 2. The topological polar surface area (TPSA) is 106 Å². The minimum atomic E-state index is -4.74. The van der Waals surface area contributed by atoms with E-state index in [1.54, 1.807) is 0 Å². The van der Waals surface area contributed by atoms with Gasteiger partial charge in [-0.2, -0.15) is 18.2 Å². The first kappa shape index (κ1) is 26.6. The number of carbonyl (C=O) groups excluding carboxylic acids is 2. The lowest BCUT2D eigenvalue weighted by Gasteiger charge is -2.10. The van der Waals surface area contributed by atoms with Crippen LogP contribution in [0.15, 0.2) is 70.4 Å². The van der Waals surface area contributed by atoms with Crippen LogP contribution in [-0.2, 0) is 0 Å². The van der Waals surface area contributed by atoms with Gasteiger partial charge in [0.2, 0.25) is 0 Å². The normalized spacial score (nSPS) is 11.2. The first-order valence-electron chi connectivity index (χ1n) is 10.5. The highest BCUT2D eigenvalue weighted by molar-refractivity contribution is 7.99. The molecule has 2 amide bonds. The van der Waals surface area contributed by atoms with Gasteiger partial charge in [-0.05, 0) is 42.5 Å². The molecule has 0 aliphatic carbocycles. The number of halogens is 5. The summed E-state index contributed by atoms with van der Waals surface area (Å²) < 4.78 is 77.1. The van der Waals surface area contributed by atoms with E-state index < -0.39 is 51.6 Å². The number of oxazole rings is 1. The average molecular weight is 550 g/mol. The van der Waals surface area contributed by atoms with Crippen LogP contribution >= 0.6 is 11.8 Å². The van der Waals surface area contributed by atoms with Crippen molar-refractivity contribution >= 4 is 29.3 Å². The van der Waals surface area contributed by atoms with Crippen LogP contribution in [0.3, 0.4) is 0 Å². The number of ether oxygens (including phenoxy) is 1. The van der Waals surface area contributed by atoms with Crippen molar-refractivity contribution in [2.45, 2.75) is 10.7 Å². The molecule has 38 heavy (non-hydrogen) atoms. The summed E-state index contributed by atoms with van der Waals surface area (Å²) in [6, 6.07) is 10.6. The molecule has 2 aromatic heterocycles. The molecule has 0 saturated carbocycles. The van der Waals surface area contributed by atoms with Crippen LogP contribution < -0.4 is 15.4 Å². The fraction of sp³-hybridized carbons (Fsp3) is 0.0833. The summed E-state index contributed by atoms with van der Waals surface area (Å²) in [5.74, 6) is -3.44. The summed E-state index contributed by atoms with van der Waals surface area (Å²) in [5, 5.41) is 3.87. The van der Waals surface area contributed by atoms with Gasteiger partial charge in [-0.15, -0.1) is 0 Å². The smallest absolute Gasteiger partial charge is 0.450 e. The fourth-order valence-electron chi connectivity index (χ4n) is 3.10. The Morgan fingerprint density at radius 1 is 1.00 bits per heavy atom. The van der Waals surface area contributed by atoms with Crippen LogP contribution in [0.1, 0.15) is 21.0 Å². The number of anilines is 1. The van der Waals surface area contributed by atoms with E-state index in [0.717, 1.165) is 18.2 Å². The van der Waals surface area contributed by atoms with Crippen LogP contribution in [0.5, 0.6) is 11.5 Å². The quantitative estimate of drug-likeness (QED) is 0.214. The van der Waals surface area contributed by atoms with Gasteiger partial charge in [0.05, 0.1) is 0 Å². The van der Waals surface area contributed by atoms with Gasteiger partial charge in [0.1, 0.15) is 17.3 Å². The van der Waals surface area contributed by atoms with Crippen LogP contribution in [0.2, 0.25) is 0 Å². The molecule has 0 aliphatic heterocycles. The molecule has 14 heteroatoms. The summed E-state index contributed by atoms with van der Waals surface area (Å²) in [6.45, 7) is 0.